The number of phenolic OH excluding ortho intramolecular Hbond substituents is 1. The number of amides is 1. The number of allylic oxidation sites excluding steroid dienone is 2. The molecule has 7 heterocycles. The summed E-state index contributed by atoms with van der Waals surface area (Å²) >= 11 is 0. The molecule has 2 aromatic rings. The Bertz CT molecular complexity index is 3280. The molecule has 0 unspecified atom stereocenters. The Hall–Kier alpha value is -4.38. The van der Waals surface area contributed by atoms with Gasteiger partial charge in [-0.15, -0.1) is 0 Å². The van der Waals surface area contributed by atoms with Gasteiger partial charge >= 0.3 is 5.97 Å². The first kappa shape index (κ1) is 61.5. The summed E-state index contributed by atoms with van der Waals surface area (Å²) in [5.74, 6) is 2.51. The normalized spacial score (nSPS) is 43.2. The second-order valence-corrected chi connectivity index (χ2v) is 35.2. The average molecular weight is 1280 g/mol. The smallest absolute Gasteiger partial charge is 0.303 e. The van der Waals surface area contributed by atoms with Crippen LogP contribution in [-0.4, -0.2) is 97.2 Å². The fourth-order valence-corrected chi connectivity index (χ4v) is 29.7. The van der Waals surface area contributed by atoms with Gasteiger partial charge in [-0.2, -0.15) is 0 Å². The van der Waals surface area contributed by atoms with E-state index in [1.807, 2.05) is 4.90 Å². The fourth-order valence-electron chi connectivity index (χ4n) is 25.6. The number of aliphatic imine (C=N–C) groups is 2. The van der Waals surface area contributed by atoms with Gasteiger partial charge in [0.05, 0.1) is 12.2 Å². The number of hydrogen-bond acceptors (Lipinski definition) is 13. The number of phenols is 1. The van der Waals surface area contributed by atoms with Crippen LogP contribution >= 0.6 is 21.6 Å². The Labute approximate surface area is 548 Å². The second-order valence-electron chi connectivity index (χ2n) is 32.5. The molecule has 14 nitrogen and oxygen atoms in total. The van der Waals surface area contributed by atoms with Crippen LogP contribution < -0.4 is 27.3 Å². The van der Waals surface area contributed by atoms with E-state index in [1.54, 1.807) is 0 Å². The van der Waals surface area contributed by atoms with Gasteiger partial charge in [0.25, 0.3) is 0 Å². The van der Waals surface area contributed by atoms with Crippen LogP contribution in [0.2, 0.25) is 0 Å². The molecular formula is C75H103N7O7S2. The highest BCUT2D eigenvalue weighted by Crippen LogP contribution is 2.83. The SMILES string of the molecule is CC(=O)O[C@@]12CCc3cc(c(O)c4c3[C@@H]3C=C[C@]5(CCC[C@H]5C3)O4)CN3C[C@@]4(CC3=O)[C@@H](CC[C@@H]4c3ccccc3)CN=C(N)N[C@]3(CCCC34CCCC4)SS[C@@H]3C=C[C@@H]4[C@@H](CC[C@H]3[C@]43CCC4(CCCC4)[C@@]34CC[C@H](CCN=C(N)N)[C@H]4O)[C@@H](CC1)[C@H](O)C2. The van der Waals surface area contributed by atoms with Crippen molar-refractivity contribution in [3.8, 4) is 11.5 Å². The molecule has 20 rings (SSSR count). The number of fused-ring (bicyclic) bond motifs is 3. The Morgan fingerprint density at radius 3 is 2.43 bits per heavy atom. The maximum atomic E-state index is 15.1. The number of carbonyl (C=O) groups excluding carboxylic acids is 2. The second kappa shape index (κ2) is 22.9. The van der Waals surface area contributed by atoms with Crippen molar-refractivity contribution in [3.63, 3.8) is 0 Å². The lowest BCUT2D eigenvalue weighted by atomic mass is 9.39. The number of aromatic hydroxyl groups is 1. The average Bonchev–Trinajstić information content (AvgIpc) is 1.51. The van der Waals surface area contributed by atoms with Gasteiger partial charge in [0.15, 0.2) is 23.4 Å². The molecule has 18 atom stereocenters. The van der Waals surface area contributed by atoms with E-state index >= 15 is 4.79 Å². The summed E-state index contributed by atoms with van der Waals surface area (Å²) in [6.45, 7) is 3.37. The van der Waals surface area contributed by atoms with Crippen molar-refractivity contribution >= 4 is 45.4 Å². The van der Waals surface area contributed by atoms with Crippen LogP contribution in [0.4, 0.5) is 0 Å². The van der Waals surface area contributed by atoms with Crippen LogP contribution in [0.25, 0.3) is 0 Å². The fraction of sp³-hybridized carbons (Fsp3) is 0.733. The van der Waals surface area contributed by atoms with Crippen LogP contribution in [0.15, 0.2) is 70.7 Å². The monoisotopic (exact) mass is 1280 g/mol. The molecule has 1 saturated heterocycles. The largest absolute Gasteiger partial charge is 0.504 e. The topological polar surface area (TPSA) is 231 Å². The van der Waals surface area contributed by atoms with Crippen molar-refractivity contribution in [1.82, 2.24) is 10.2 Å². The number of aryl methyl sites for hydroxylation is 1. The van der Waals surface area contributed by atoms with Gasteiger partial charge in [0, 0.05) is 90.4 Å². The molecule has 0 radical (unpaired) electrons. The number of carbonyl (C=O) groups is 2. The Kier molecular flexibility index (Phi) is 15.5. The number of hydrogen-bond donors (Lipinski definition) is 7. The zero-order valence-electron chi connectivity index (χ0n) is 54.1. The first-order valence-corrected chi connectivity index (χ1v) is 38.5. The molecule has 16 heteroatoms. The minimum atomic E-state index is -0.913. The number of aliphatic hydroxyl groups is 2. The third kappa shape index (κ3) is 9.38. The molecule has 10 N–H and O–H groups in total. The molecule has 2 aromatic carbocycles. The number of benzene rings is 2. The quantitative estimate of drug-likeness (QED) is 0.0486. The van der Waals surface area contributed by atoms with Gasteiger partial charge in [0.2, 0.25) is 5.91 Å². The van der Waals surface area contributed by atoms with Crippen LogP contribution in [0.1, 0.15) is 227 Å². The van der Waals surface area contributed by atoms with Crippen molar-refractivity contribution in [2.75, 3.05) is 19.6 Å². The maximum absolute atomic E-state index is 15.1. The Morgan fingerprint density at radius 2 is 1.64 bits per heavy atom. The van der Waals surface area contributed by atoms with Gasteiger partial charge in [-0.05, 0) is 230 Å². The summed E-state index contributed by atoms with van der Waals surface area (Å²) < 4.78 is 14.0. The summed E-state index contributed by atoms with van der Waals surface area (Å²) in [7, 11) is 4.19. The Morgan fingerprint density at radius 1 is 0.835 bits per heavy atom. The predicted molar refractivity (Wildman–Crippen MR) is 360 cm³/mol. The highest BCUT2D eigenvalue weighted by Gasteiger charge is 2.78. The molecule has 7 aliphatic heterocycles. The van der Waals surface area contributed by atoms with Gasteiger partial charge in [0.1, 0.15) is 16.1 Å². The molecule has 9 saturated carbocycles. The van der Waals surface area contributed by atoms with E-state index in [4.69, 9.17) is 31.7 Å². The third-order valence-electron chi connectivity index (χ3n) is 29.2. The predicted octanol–water partition coefficient (Wildman–Crippen LogP) is 12.8. The number of aliphatic hydroxyl groups excluding tert-OH is 2. The molecule has 492 valence electrons. The van der Waals surface area contributed by atoms with E-state index in [2.05, 4.69) is 92.6 Å². The molecule has 10 fully saturated rings. The van der Waals surface area contributed by atoms with Gasteiger partial charge < -0.3 is 52.2 Å². The molecule has 18 aliphatic rings. The lowest BCUT2D eigenvalue weighted by molar-refractivity contribution is -0.196. The number of guanidine groups is 2. The summed E-state index contributed by atoms with van der Waals surface area (Å²) in [5, 5.41) is 44.3. The molecule has 0 aromatic heterocycles. The lowest BCUT2D eigenvalue weighted by Crippen LogP contribution is -2.64. The van der Waals surface area contributed by atoms with Crippen LogP contribution in [-0.2, 0) is 27.3 Å². The van der Waals surface area contributed by atoms with E-state index in [0.717, 1.165) is 127 Å². The standard InChI is InChI=1S/C75H103N7O7S2/c1-46(83)88-70-32-20-49-39-51(63(86)64-62(49)50-21-34-72(89-64)30-9-13-52(72)40-50)44-82-45-71(42-61(82)85)53(14-16-56(71)47-11-3-2-4-12-47)43-80-67(78)81-75(31-10-29-69(75)27-7-8-28-69)91-90-60-19-18-57-54(55(23-33-70)59(84)41-70)15-17-58(60)73(57)37-36-68(25-5-6-26-68)74(73)35-22-48(65(74)87)24-38-79-66(76)77/h2-4,11-12,18-19,21,34,39,48,50,52-60,65,84,86-87H,5-10,13-17,20,22-33,35-38,40-45H2,1H3,(H4,76,77,79)(H3,78,80,81)/t48-,50-,52+,53+,54+,55-,56-,57-,58-,59-,60-,65-,70+,71+,72+,73+,74+,75-/m1/s1. The number of esters is 1. The van der Waals surface area contributed by atoms with Crippen molar-refractivity contribution < 1.29 is 34.4 Å². The summed E-state index contributed by atoms with van der Waals surface area (Å²) in [5.41, 5.74) is 21.3. The Balaban J connectivity index is 0.823. The maximum Gasteiger partial charge on any atom is 0.303 e. The molecule has 11 aliphatic carbocycles. The van der Waals surface area contributed by atoms with Crippen LogP contribution in [0, 0.1) is 68.5 Å². The minimum Gasteiger partial charge on any atom is -0.504 e. The van der Waals surface area contributed by atoms with Gasteiger partial charge in [-0.1, -0.05) is 95.8 Å². The molecule has 12 bridgehead atoms. The zero-order chi connectivity index (χ0) is 62.3. The van der Waals surface area contributed by atoms with Crippen molar-refractivity contribution in [2.45, 2.75) is 251 Å². The first-order chi connectivity index (χ1) is 44.0. The number of nitrogens with zero attached hydrogens (tertiary/aromatic N) is 3. The minimum absolute atomic E-state index is 0.0106. The summed E-state index contributed by atoms with van der Waals surface area (Å²) in [6, 6.07) is 13.0. The molecule has 7 spiro atoms. The molecule has 1 amide bonds. The van der Waals surface area contributed by atoms with E-state index in [-0.39, 0.29) is 103 Å². The molecule has 91 heavy (non-hydrogen) atoms. The van der Waals surface area contributed by atoms with E-state index < -0.39 is 28.8 Å². The van der Waals surface area contributed by atoms with Crippen LogP contribution in [0.3, 0.4) is 0 Å². The number of nitrogens with two attached hydrogens (primary N) is 3. The summed E-state index contributed by atoms with van der Waals surface area (Å²) in [6.07, 6.45) is 37.7. The van der Waals surface area contributed by atoms with Crippen molar-refractivity contribution in [3.05, 3.63) is 83.0 Å². The van der Waals surface area contributed by atoms with Crippen molar-refractivity contribution in [2.24, 2.45) is 95.7 Å². The van der Waals surface area contributed by atoms with Gasteiger partial charge in [-0.25, -0.2) is 0 Å². The van der Waals surface area contributed by atoms with E-state index in [1.165, 1.54) is 57.4 Å². The summed E-state index contributed by atoms with van der Waals surface area (Å²) in [4.78, 5) is 40.5. The van der Waals surface area contributed by atoms with E-state index in [9.17, 15) is 20.1 Å². The molecular weight excluding hydrogens is 1180 g/mol. The zero-order valence-corrected chi connectivity index (χ0v) is 55.7. The van der Waals surface area contributed by atoms with Crippen molar-refractivity contribution in [1.29, 1.82) is 0 Å². The number of nitrogens with one attached hydrogen (secondary N) is 1. The lowest BCUT2D eigenvalue weighted by Gasteiger charge is -2.66. The van der Waals surface area contributed by atoms with E-state index in [0.29, 0.717) is 80.8 Å². The highest BCUT2D eigenvalue weighted by atomic mass is 33.1. The van der Waals surface area contributed by atoms with Gasteiger partial charge in [-0.3, -0.25) is 19.6 Å². The number of rotatable bonds is 5. The first-order valence-electron chi connectivity index (χ1n) is 36.3. The third-order valence-corrected chi connectivity index (χ3v) is 32.8. The number of ether oxygens (including phenoxy) is 2. The van der Waals surface area contributed by atoms with Crippen LogP contribution in [0.5, 0.6) is 11.5 Å². The highest BCUT2D eigenvalue weighted by molar-refractivity contribution is 8.77.